The van der Waals surface area contributed by atoms with Crippen molar-refractivity contribution in [3.63, 3.8) is 0 Å². The molecule has 0 aliphatic carbocycles. The molecule has 2 aromatic carbocycles. The van der Waals surface area contributed by atoms with Crippen LogP contribution < -0.4 is 9.46 Å². The van der Waals surface area contributed by atoms with E-state index >= 15 is 0 Å². The second-order valence-corrected chi connectivity index (χ2v) is 6.94. The monoisotopic (exact) mass is 431 g/mol. The summed E-state index contributed by atoms with van der Waals surface area (Å²) in [7, 11) is -4.63. The van der Waals surface area contributed by atoms with Crippen molar-refractivity contribution in [1.29, 1.82) is 0 Å². The van der Waals surface area contributed by atoms with Crippen LogP contribution in [0.25, 0.3) is 0 Å². The Bertz CT molecular complexity index is 870. The molecule has 24 heavy (non-hydrogen) atoms. The summed E-state index contributed by atoms with van der Waals surface area (Å²) >= 11 is 2.89. The number of anilines is 1. The summed E-state index contributed by atoms with van der Waals surface area (Å²) in [6.45, 7) is 0. The van der Waals surface area contributed by atoms with Crippen LogP contribution in [-0.2, 0) is 10.0 Å². The van der Waals surface area contributed by atoms with Crippen LogP contribution in [0.4, 0.5) is 27.6 Å². The zero-order valence-corrected chi connectivity index (χ0v) is 13.8. The molecule has 0 saturated heterocycles. The van der Waals surface area contributed by atoms with Gasteiger partial charge in [-0.15, -0.1) is 13.2 Å². The highest BCUT2D eigenvalue weighted by Gasteiger charge is 2.34. The molecule has 11 heteroatoms. The summed E-state index contributed by atoms with van der Waals surface area (Å²) < 4.78 is 93.6. The molecular weight excluding hydrogens is 425 g/mol. The van der Waals surface area contributed by atoms with E-state index in [0.717, 1.165) is 24.3 Å². The molecular formula is C13H7BrF5NO3S. The standard InChI is InChI=1S/C13H7BrF5NO3S/c14-7-1-4-12(11(5-7)23-13(17,18)19)24(21,22)20-10-3-2-8(15)6-9(10)16/h1-6,20H. The van der Waals surface area contributed by atoms with Crippen molar-refractivity contribution in [1.82, 2.24) is 0 Å². The van der Waals surface area contributed by atoms with Crippen molar-refractivity contribution in [2.75, 3.05) is 4.72 Å². The van der Waals surface area contributed by atoms with Gasteiger partial charge in [-0.3, -0.25) is 4.72 Å². The van der Waals surface area contributed by atoms with Crippen LogP contribution in [0.5, 0.6) is 5.75 Å². The SMILES string of the molecule is O=S(=O)(Nc1ccc(F)cc1F)c1ccc(Br)cc1OC(F)(F)F. The van der Waals surface area contributed by atoms with Gasteiger partial charge in [0.15, 0.2) is 5.75 Å². The van der Waals surface area contributed by atoms with E-state index in [1.807, 2.05) is 0 Å². The minimum atomic E-state index is -5.13. The smallest absolute Gasteiger partial charge is 0.404 e. The second-order valence-electron chi connectivity index (χ2n) is 4.37. The van der Waals surface area contributed by atoms with Gasteiger partial charge in [0.1, 0.15) is 16.5 Å². The average molecular weight is 432 g/mol. The lowest BCUT2D eigenvalue weighted by Gasteiger charge is -2.15. The maximum atomic E-state index is 13.5. The normalized spacial score (nSPS) is 12.1. The van der Waals surface area contributed by atoms with Gasteiger partial charge in [-0.1, -0.05) is 15.9 Å². The van der Waals surface area contributed by atoms with Crippen LogP contribution >= 0.6 is 15.9 Å². The first-order chi connectivity index (χ1) is 11.0. The molecule has 0 unspecified atom stereocenters. The predicted molar refractivity (Wildman–Crippen MR) is 78.0 cm³/mol. The number of halogens is 6. The third kappa shape index (κ3) is 4.57. The minimum absolute atomic E-state index is 0.133. The van der Waals surface area contributed by atoms with Crippen LogP contribution in [0.15, 0.2) is 45.8 Å². The van der Waals surface area contributed by atoms with Gasteiger partial charge in [-0.05, 0) is 30.3 Å². The van der Waals surface area contributed by atoms with Gasteiger partial charge in [0, 0.05) is 10.5 Å². The molecule has 0 aromatic heterocycles. The fourth-order valence-electron chi connectivity index (χ4n) is 1.68. The molecule has 0 fully saturated rings. The van der Waals surface area contributed by atoms with E-state index in [4.69, 9.17) is 0 Å². The summed E-state index contributed by atoms with van der Waals surface area (Å²) in [6, 6.07) is 4.81. The van der Waals surface area contributed by atoms with Crippen LogP contribution in [0.1, 0.15) is 0 Å². The molecule has 0 aliphatic heterocycles. The van der Waals surface area contributed by atoms with Crippen molar-refractivity contribution in [3.05, 3.63) is 52.5 Å². The Morgan fingerprint density at radius 1 is 1.04 bits per heavy atom. The number of sulfonamides is 1. The molecule has 0 aliphatic rings. The van der Waals surface area contributed by atoms with E-state index in [0.29, 0.717) is 6.07 Å². The molecule has 4 nitrogen and oxygen atoms in total. The number of rotatable bonds is 4. The van der Waals surface area contributed by atoms with Gasteiger partial charge in [0.25, 0.3) is 10.0 Å². The maximum absolute atomic E-state index is 13.5. The van der Waals surface area contributed by atoms with Crippen molar-refractivity contribution in [3.8, 4) is 5.75 Å². The first-order valence-corrected chi connectivity index (χ1v) is 8.29. The quantitative estimate of drug-likeness (QED) is 0.728. The fraction of sp³-hybridized carbons (Fsp3) is 0.0769. The Kier molecular flexibility index (Phi) is 5.04. The van der Waals surface area contributed by atoms with Gasteiger partial charge in [0.2, 0.25) is 0 Å². The van der Waals surface area contributed by atoms with Crippen molar-refractivity contribution >= 4 is 31.6 Å². The largest absolute Gasteiger partial charge is 0.573 e. The number of hydrogen-bond acceptors (Lipinski definition) is 3. The maximum Gasteiger partial charge on any atom is 0.573 e. The summed E-state index contributed by atoms with van der Waals surface area (Å²) in [6.07, 6.45) is -5.13. The van der Waals surface area contributed by atoms with E-state index < -0.39 is 44.4 Å². The Balaban J connectivity index is 2.45. The van der Waals surface area contributed by atoms with Crippen molar-refractivity contribution < 1.29 is 35.1 Å². The number of hydrogen-bond donors (Lipinski definition) is 1. The predicted octanol–water partition coefficient (Wildman–Crippen LogP) is 4.43. The molecule has 0 radical (unpaired) electrons. The highest BCUT2D eigenvalue weighted by molar-refractivity contribution is 9.10. The number of ether oxygens (including phenoxy) is 1. The van der Waals surface area contributed by atoms with Gasteiger partial charge in [-0.25, -0.2) is 17.2 Å². The Hall–Kier alpha value is -1.88. The molecule has 0 saturated carbocycles. The molecule has 0 amide bonds. The van der Waals surface area contributed by atoms with E-state index in [2.05, 4.69) is 20.7 Å². The molecule has 0 heterocycles. The number of benzene rings is 2. The van der Waals surface area contributed by atoms with Gasteiger partial charge >= 0.3 is 6.36 Å². The van der Waals surface area contributed by atoms with Crippen LogP contribution in [0.3, 0.4) is 0 Å². The third-order valence-corrected chi connectivity index (χ3v) is 4.49. The molecule has 130 valence electrons. The van der Waals surface area contributed by atoms with Crippen LogP contribution in [0, 0.1) is 11.6 Å². The number of nitrogens with one attached hydrogen (secondary N) is 1. The topological polar surface area (TPSA) is 55.4 Å². The molecule has 2 aromatic rings. The average Bonchev–Trinajstić information content (AvgIpc) is 2.40. The minimum Gasteiger partial charge on any atom is -0.404 e. The van der Waals surface area contributed by atoms with Crippen molar-refractivity contribution in [2.45, 2.75) is 11.3 Å². The first-order valence-electron chi connectivity index (χ1n) is 6.01. The Labute approximate surface area is 141 Å². The molecule has 0 bridgehead atoms. The Morgan fingerprint density at radius 2 is 1.71 bits per heavy atom. The molecule has 0 spiro atoms. The fourth-order valence-corrected chi connectivity index (χ4v) is 3.20. The summed E-state index contributed by atoms with van der Waals surface area (Å²) in [5.74, 6) is -3.18. The summed E-state index contributed by atoms with van der Waals surface area (Å²) in [4.78, 5) is -0.869. The van der Waals surface area contributed by atoms with Gasteiger partial charge < -0.3 is 4.74 Å². The highest BCUT2D eigenvalue weighted by atomic mass is 79.9. The second kappa shape index (κ2) is 6.55. The first kappa shape index (κ1) is 18.5. The van der Waals surface area contributed by atoms with Gasteiger partial charge in [-0.2, -0.15) is 0 Å². The van der Waals surface area contributed by atoms with Gasteiger partial charge in [0.05, 0.1) is 5.69 Å². The van der Waals surface area contributed by atoms with Crippen LogP contribution in [-0.4, -0.2) is 14.8 Å². The molecule has 0 atom stereocenters. The zero-order valence-electron chi connectivity index (χ0n) is 11.4. The van der Waals surface area contributed by atoms with E-state index in [9.17, 15) is 30.4 Å². The lowest BCUT2D eigenvalue weighted by Crippen LogP contribution is -2.21. The van der Waals surface area contributed by atoms with E-state index in [1.54, 1.807) is 4.72 Å². The molecule has 1 N–H and O–H groups in total. The van der Waals surface area contributed by atoms with Crippen molar-refractivity contribution in [2.24, 2.45) is 0 Å². The third-order valence-electron chi connectivity index (χ3n) is 2.60. The zero-order chi connectivity index (χ0) is 18.1. The van der Waals surface area contributed by atoms with E-state index in [-0.39, 0.29) is 4.47 Å². The molecule has 2 rings (SSSR count). The van der Waals surface area contributed by atoms with Crippen LogP contribution in [0.2, 0.25) is 0 Å². The highest BCUT2D eigenvalue weighted by Crippen LogP contribution is 2.33. The Morgan fingerprint density at radius 3 is 2.29 bits per heavy atom. The summed E-state index contributed by atoms with van der Waals surface area (Å²) in [5.41, 5.74) is -0.628. The lowest BCUT2D eigenvalue weighted by molar-refractivity contribution is -0.275. The van der Waals surface area contributed by atoms with E-state index in [1.165, 1.54) is 6.07 Å². The lowest BCUT2D eigenvalue weighted by atomic mass is 10.3. The summed E-state index contributed by atoms with van der Waals surface area (Å²) in [5, 5.41) is 0. The number of alkyl halides is 3.